The van der Waals surface area contributed by atoms with Gasteiger partial charge >= 0.3 is 0 Å². The highest BCUT2D eigenvalue weighted by Gasteiger charge is 2.07. The molecule has 43 heavy (non-hydrogen) atoms. The zero-order valence-electron chi connectivity index (χ0n) is 23.5. The molecule has 12 nitrogen and oxygen atoms in total. The molecule has 12 heteroatoms. The number of benzene rings is 4. The molecule has 0 saturated heterocycles. The van der Waals surface area contributed by atoms with Gasteiger partial charge in [-0.3, -0.25) is 10.9 Å². The number of hydrogen-bond donors (Lipinski definition) is 4. The Bertz CT molecular complexity index is 1810. The summed E-state index contributed by atoms with van der Waals surface area (Å²) in [5, 5.41) is 24.6. The van der Waals surface area contributed by atoms with Crippen molar-refractivity contribution < 1.29 is 0 Å². The van der Waals surface area contributed by atoms with E-state index in [1.165, 1.54) is 0 Å². The van der Waals surface area contributed by atoms with E-state index in [-0.39, 0.29) is 6.67 Å². The Labute approximate surface area is 247 Å². The maximum atomic E-state index is 4.42. The third-order valence-electron chi connectivity index (χ3n) is 6.46. The van der Waals surface area contributed by atoms with Gasteiger partial charge < -0.3 is 10.6 Å². The molecular weight excluding hydrogens is 540 g/mol. The van der Waals surface area contributed by atoms with E-state index in [1.807, 2.05) is 86.6 Å². The Kier molecular flexibility index (Phi) is 7.98. The molecule has 0 unspecified atom stereocenters. The highest BCUT2D eigenvalue weighted by Crippen LogP contribution is 2.27. The molecule has 0 atom stereocenters. The van der Waals surface area contributed by atoms with Crippen molar-refractivity contribution in [2.75, 3.05) is 28.2 Å². The van der Waals surface area contributed by atoms with Crippen LogP contribution in [0.1, 0.15) is 11.1 Å². The number of nitrogens with one attached hydrogen (secondary N) is 4. The molecule has 2 heterocycles. The summed E-state index contributed by atoms with van der Waals surface area (Å²) in [5.74, 6) is 1.41. The SMILES string of the molecule is Cc1cccc(Nc2ncnc3ccc(N/N=N/C/N=N/Nc4ccc5ncnc(Nc6cccc(C)c6)c5c4)cc23)c1. The lowest BCUT2D eigenvalue weighted by Crippen LogP contribution is -1.97. The molecule has 4 aromatic carbocycles. The Balaban J connectivity index is 1.06. The van der Waals surface area contributed by atoms with Crippen molar-refractivity contribution in [1.82, 2.24) is 19.9 Å². The standard InChI is InChI=1S/C31H28N12/c1-20-5-3-7-22(13-20)38-30-26-15-24(9-11-28(26)32-17-34-30)40-42-36-19-37-43-41-25-10-12-29-27(16-25)31(35-18-33-29)39-23-8-4-6-21(2)14-23/h3-18H,19H2,1-2H3,(H,36,40)(H,37,41)(H,32,34,38)(H,33,35,39). The van der Waals surface area contributed by atoms with Crippen molar-refractivity contribution in [2.45, 2.75) is 13.8 Å². The van der Waals surface area contributed by atoms with Crippen LogP contribution in [-0.2, 0) is 0 Å². The van der Waals surface area contributed by atoms with E-state index in [2.05, 4.69) is 74.2 Å². The zero-order valence-corrected chi connectivity index (χ0v) is 23.5. The first kappa shape index (κ1) is 27.1. The highest BCUT2D eigenvalue weighted by atomic mass is 15.5. The summed E-state index contributed by atoms with van der Waals surface area (Å²) in [6.45, 7) is 4.13. The fourth-order valence-electron chi connectivity index (χ4n) is 4.45. The Morgan fingerprint density at radius 1 is 0.535 bits per heavy atom. The van der Waals surface area contributed by atoms with Crippen molar-refractivity contribution in [1.29, 1.82) is 0 Å². The fourth-order valence-corrected chi connectivity index (χ4v) is 4.45. The molecule has 0 aliphatic rings. The molecule has 0 spiro atoms. The molecule has 0 saturated carbocycles. The van der Waals surface area contributed by atoms with Gasteiger partial charge in [-0.05, 0) is 85.6 Å². The molecule has 0 aliphatic heterocycles. The maximum absolute atomic E-state index is 4.42. The monoisotopic (exact) mass is 568 g/mol. The summed E-state index contributed by atoms with van der Waals surface area (Å²) in [4.78, 5) is 17.6. The number of rotatable bonds is 10. The minimum Gasteiger partial charge on any atom is -0.340 e. The highest BCUT2D eigenvalue weighted by molar-refractivity contribution is 5.93. The van der Waals surface area contributed by atoms with Gasteiger partial charge in [0.2, 0.25) is 0 Å². The lowest BCUT2D eigenvalue weighted by molar-refractivity contribution is 0.866. The summed E-state index contributed by atoms with van der Waals surface area (Å²) < 4.78 is 0. The molecule has 0 radical (unpaired) electrons. The minimum absolute atomic E-state index is 0.0354. The van der Waals surface area contributed by atoms with Crippen LogP contribution in [-0.4, -0.2) is 26.6 Å². The van der Waals surface area contributed by atoms with Crippen LogP contribution in [0.5, 0.6) is 0 Å². The number of aryl methyl sites for hydroxylation is 2. The van der Waals surface area contributed by atoms with Gasteiger partial charge in [0.05, 0.1) is 22.4 Å². The average Bonchev–Trinajstić information content (AvgIpc) is 3.01. The second kappa shape index (κ2) is 12.6. The Morgan fingerprint density at radius 3 is 1.49 bits per heavy atom. The normalized spacial score (nSPS) is 11.4. The average molecular weight is 569 g/mol. The van der Waals surface area contributed by atoms with E-state index in [0.717, 1.165) is 55.7 Å². The summed E-state index contributed by atoms with van der Waals surface area (Å²) in [6, 6.07) is 27.6. The van der Waals surface area contributed by atoms with Gasteiger partial charge in [-0.2, -0.15) is 0 Å². The first-order valence-electron chi connectivity index (χ1n) is 13.5. The first-order valence-corrected chi connectivity index (χ1v) is 13.5. The van der Waals surface area contributed by atoms with Gasteiger partial charge in [0.15, 0.2) is 6.67 Å². The summed E-state index contributed by atoms with van der Waals surface area (Å²) in [6.07, 6.45) is 3.08. The van der Waals surface area contributed by atoms with Crippen LogP contribution in [0.4, 0.5) is 34.4 Å². The second-order valence-electron chi connectivity index (χ2n) is 9.75. The molecule has 212 valence electrons. The first-order chi connectivity index (χ1) is 21.1. The quantitative estimate of drug-likeness (QED) is 0.0962. The van der Waals surface area contributed by atoms with Crippen LogP contribution in [0.2, 0.25) is 0 Å². The van der Waals surface area contributed by atoms with Gasteiger partial charge in [0.25, 0.3) is 0 Å². The maximum Gasteiger partial charge on any atom is 0.175 e. The van der Waals surface area contributed by atoms with Crippen molar-refractivity contribution in [3.8, 4) is 0 Å². The van der Waals surface area contributed by atoms with Gasteiger partial charge in [0, 0.05) is 22.1 Å². The summed E-state index contributed by atoms with van der Waals surface area (Å²) >= 11 is 0. The molecule has 0 fully saturated rings. The van der Waals surface area contributed by atoms with Gasteiger partial charge in [0.1, 0.15) is 24.3 Å². The van der Waals surface area contributed by atoms with Crippen molar-refractivity contribution >= 4 is 56.2 Å². The Morgan fingerprint density at radius 2 is 1.02 bits per heavy atom. The molecule has 0 amide bonds. The van der Waals surface area contributed by atoms with Gasteiger partial charge in [-0.15, -0.1) is 10.2 Å². The zero-order chi connectivity index (χ0) is 29.4. The van der Waals surface area contributed by atoms with Crippen LogP contribution >= 0.6 is 0 Å². The third-order valence-corrected chi connectivity index (χ3v) is 6.46. The van der Waals surface area contributed by atoms with E-state index in [1.54, 1.807) is 12.7 Å². The smallest absolute Gasteiger partial charge is 0.175 e. The number of aromatic nitrogens is 4. The van der Waals surface area contributed by atoms with Crippen LogP contribution in [0.25, 0.3) is 21.8 Å². The number of anilines is 6. The van der Waals surface area contributed by atoms with Gasteiger partial charge in [-0.1, -0.05) is 34.7 Å². The van der Waals surface area contributed by atoms with E-state index in [0.29, 0.717) is 11.6 Å². The van der Waals surface area contributed by atoms with Gasteiger partial charge in [-0.25, -0.2) is 19.9 Å². The predicted molar refractivity (Wildman–Crippen MR) is 170 cm³/mol. The molecule has 0 bridgehead atoms. The van der Waals surface area contributed by atoms with Crippen molar-refractivity contribution in [2.24, 2.45) is 20.7 Å². The molecule has 4 N–H and O–H groups in total. The molecular formula is C31H28N12. The predicted octanol–water partition coefficient (Wildman–Crippen LogP) is 7.89. The van der Waals surface area contributed by atoms with Crippen LogP contribution in [0.15, 0.2) is 118 Å². The lowest BCUT2D eigenvalue weighted by atomic mass is 10.2. The number of hydrogen-bond acceptors (Lipinski definition) is 10. The topological polar surface area (TPSA) is 149 Å². The fraction of sp³-hybridized carbons (Fsp3) is 0.0968. The lowest BCUT2D eigenvalue weighted by Gasteiger charge is -2.10. The Hall–Kier alpha value is -6.04. The van der Waals surface area contributed by atoms with E-state index < -0.39 is 0 Å². The third kappa shape index (κ3) is 6.82. The van der Waals surface area contributed by atoms with E-state index in [9.17, 15) is 0 Å². The van der Waals surface area contributed by atoms with Crippen LogP contribution < -0.4 is 21.5 Å². The second-order valence-corrected chi connectivity index (χ2v) is 9.75. The summed E-state index contributed by atoms with van der Waals surface area (Å²) in [7, 11) is 0. The van der Waals surface area contributed by atoms with Crippen LogP contribution in [0, 0.1) is 13.8 Å². The molecule has 2 aromatic heterocycles. The summed E-state index contributed by atoms with van der Waals surface area (Å²) in [5.41, 5.74) is 13.2. The van der Waals surface area contributed by atoms with E-state index >= 15 is 0 Å². The molecule has 0 aliphatic carbocycles. The largest absolute Gasteiger partial charge is 0.340 e. The van der Waals surface area contributed by atoms with Crippen LogP contribution in [0.3, 0.4) is 0 Å². The van der Waals surface area contributed by atoms with Crippen molar-refractivity contribution in [3.05, 3.63) is 109 Å². The number of nitrogens with zero attached hydrogens (tertiary/aromatic N) is 8. The van der Waals surface area contributed by atoms with Crippen molar-refractivity contribution in [3.63, 3.8) is 0 Å². The molecule has 6 aromatic rings. The molecule has 6 rings (SSSR count). The van der Waals surface area contributed by atoms with E-state index in [4.69, 9.17) is 0 Å². The minimum atomic E-state index is 0.0354. The number of fused-ring (bicyclic) bond motifs is 2.